The van der Waals surface area contributed by atoms with Crippen LogP contribution in [0.15, 0.2) is 0 Å². The van der Waals surface area contributed by atoms with Crippen LogP contribution in [-0.2, 0) is 4.74 Å². The van der Waals surface area contributed by atoms with Crippen molar-refractivity contribution in [1.82, 2.24) is 9.36 Å². The summed E-state index contributed by atoms with van der Waals surface area (Å²) in [5.41, 5.74) is 5.39. The van der Waals surface area contributed by atoms with E-state index in [0.717, 1.165) is 31.3 Å². The Morgan fingerprint density at radius 3 is 3.23 bits per heavy atom. The molecule has 1 aromatic heterocycles. The van der Waals surface area contributed by atoms with Gasteiger partial charge in [0.1, 0.15) is 0 Å². The predicted octanol–water partition coefficient (Wildman–Crippen LogP) is 0.569. The van der Waals surface area contributed by atoms with E-state index in [1.165, 1.54) is 11.5 Å². The average Bonchev–Trinajstić information content (AvgIpc) is 2.71. The van der Waals surface area contributed by atoms with E-state index in [-0.39, 0.29) is 0 Å². The summed E-state index contributed by atoms with van der Waals surface area (Å²) in [7, 11) is 0. The Morgan fingerprint density at radius 2 is 2.62 bits per heavy atom. The molecule has 2 heterocycles. The first-order chi connectivity index (χ1) is 6.34. The molecule has 0 saturated carbocycles. The van der Waals surface area contributed by atoms with Crippen LogP contribution in [-0.4, -0.2) is 29.1 Å². The van der Waals surface area contributed by atoms with Crippen LogP contribution in [0.5, 0.6) is 0 Å². The van der Waals surface area contributed by atoms with Crippen molar-refractivity contribution in [3.63, 3.8) is 0 Å². The van der Waals surface area contributed by atoms with Gasteiger partial charge in [-0.05, 0) is 6.42 Å². The van der Waals surface area contributed by atoms with E-state index >= 15 is 0 Å². The normalized spacial score (nSPS) is 22.0. The third-order valence-electron chi connectivity index (χ3n) is 2.01. The van der Waals surface area contributed by atoms with Crippen LogP contribution in [0.2, 0.25) is 0 Å². The highest BCUT2D eigenvalue weighted by Crippen LogP contribution is 2.16. The van der Waals surface area contributed by atoms with Crippen LogP contribution in [0, 0.1) is 5.92 Å². The van der Waals surface area contributed by atoms with Gasteiger partial charge in [-0.25, -0.2) is 0 Å². The number of rotatable bonds is 3. The number of hydrogen-bond donors (Lipinski definition) is 2. The number of nitrogens with two attached hydrogens (primary N) is 1. The number of nitrogen functional groups attached to an aromatic ring is 1. The molecular formula is C7H12N4OS. The summed E-state index contributed by atoms with van der Waals surface area (Å²) in [6.07, 6.45) is 1.13. The zero-order valence-electron chi connectivity index (χ0n) is 7.19. The summed E-state index contributed by atoms with van der Waals surface area (Å²) in [6.45, 7) is 2.63. The molecule has 13 heavy (non-hydrogen) atoms. The summed E-state index contributed by atoms with van der Waals surface area (Å²) >= 11 is 1.29. The fraction of sp³-hybridized carbons (Fsp3) is 0.714. The van der Waals surface area contributed by atoms with E-state index in [9.17, 15) is 0 Å². The van der Waals surface area contributed by atoms with Crippen LogP contribution in [0.25, 0.3) is 0 Å². The highest BCUT2D eigenvalue weighted by molar-refractivity contribution is 7.09. The van der Waals surface area contributed by atoms with Crippen LogP contribution in [0.4, 0.5) is 11.1 Å². The minimum absolute atomic E-state index is 0.343. The van der Waals surface area contributed by atoms with E-state index in [1.54, 1.807) is 0 Å². The van der Waals surface area contributed by atoms with Crippen molar-refractivity contribution >= 4 is 22.6 Å². The third-order valence-corrected chi connectivity index (χ3v) is 2.69. The summed E-state index contributed by atoms with van der Waals surface area (Å²) in [6, 6.07) is 0. The maximum atomic E-state index is 5.39. The van der Waals surface area contributed by atoms with Crippen molar-refractivity contribution in [3.05, 3.63) is 0 Å². The number of nitrogens with one attached hydrogen (secondary N) is 1. The first-order valence-corrected chi connectivity index (χ1v) is 5.03. The molecule has 1 saturated heterocycles. The van der Waals surface area contributed by atoms with Crippen LogP contribution >= 0.6 is 11.5 Å². The van der Waals surface area contributed by atoms with Gasteiger partial charge in [-0.15, -0.1) is 0 Å². The Kier molecular flexibility index (Phi) is 2.60. The number of ether oxygens (including phenoxy) is 1. The molecule has 2 rings (SSSR count). The third kappa shape index (κ3) is 2.28. The van der Waals surface area contributed by atoms with Crippen molar-refractivity contribution < 1.29 is 4.74 Å². The van der Waals surface area contributed by atoms with Crippen molar-refractivity contribution in [2.24, 2.45) is 5.92 Å². The summed E-state index contributed by atoms with van der Waals surface area (Å²) in [4.78, 5) is 4.00. The number of aromatic nitrogens is 2. The Balaban J connectivity index is 1.78. The summed E-state index contributed by atoms with van der Waals surface area (Å²) < 4.78 is 9.13. The van der Waals surface area contributed by atoms with E-state index in [4.69, 9.17) is 10.5 Å². The van der Waals surface area contributed by atoms with Gasteiger partial charge in [0.15, 0.2) is 0 Å². The molecule has 3 N–H and O–H groups in total. The molecule has 0 radical (unpaired) electrons. The topological polar surface area (TPSA) is 73.1 Å². The number of nitrogens with zero attached hydrogens (tertiary/aromatic N) is 2. The molecule has 0 bridgehead atoms. The molecule has 1 aromatic rings. The van der Waals surface area contributed by atoms with E-state index in [2.05, 4.69) is 14.7 Å². The van der Waals surface area contributed by atoms with Gasteiger partial charge < -0.3 is 15.8 Å². The lowest BCUT2D eigenvalue weighted by Gasteiger charge is -2.06. The van der Waals surface area contributed by atoms with Gasteiger partial charge in [-0.2, -0.15) is 9.36 Å². The molecule has 5 nitrogen and oxygen atoms in total. The molecule has 0 spiro atoms. The van der Waals surface area contributed by atoms with E-state index < -0.39 is 0 Å². The Labute approximate surface area is 80.5 Å². The van der Waals surface area contributed by atoms with E-state index in [1.807, 2.05) is 0 Å². The van der Waals surface area contributed by atoms with Gasteiger partial charge in [0.05, 0.1) is 6.61 Å². The first-order valence-electron chi connectivity index (χ1n) is 4.25. The Bertz CT molecular complexity index is 271. The minimum Gasteiger partial charge on any atom is -0.381 e. The SMILES string of the molecule is Nc1nsc(NCC2CCOC2)n1. The monoisotopic (exact) mass is 200 g/mol. The molecule has 0 aromatic carbocycles. The molecule has 0 aliphatic carbocycles. The second kappa shape index (κ2) is 3.89. The highest BCUT2D eigenvalue weighted by Gasteiger charge is 2.15. The molecular weight excluding hydrogens is 188 g/mol. The molecule has 1 aliphatic rings. The predicted molar refractivity (Wildman–Crippen MR) is 51.7 cm³/mol. The molecule has 72 valence electrons. The fourth-order valence-corrected chi connectivity index (χ4v) is 1.79. The molecule has 1 aliphatic heterocycles. The Morgan fingerprint density at radius 1 is 1.69 bits per heavy atom. The maximum absolute atomic E-state index is 5.39. The zero-order valence-corrected chi connectivity index (χ0v) is 8.01. The second-order valence-electron chi connectivity index (χ2n) is 3.07. The standard InChI is InChI=1S/C7H12N4OS/c8-6-10-7(13-11-6)9-3-5-1-2-12-4-5/h5H,1-4H2,(H3,8,9,10,11). The van der Waals surface area contributed by atoms with Crippen LogP contribution in [0.1, 0.15) is 6.42 Å². The molecule has 1 fully saturated rings. The second-order valence-corrected chi connectivity index (χ2v) is 3.82. The minimum atomic E-state index is 0.343. The average molecular weight is 200 g/mol. The molecule has 1 atom stereocenters. The van der Waals surface area contributed by atoms with Gasteiger partial charge >= 0.3 is 0 Å². The quantitative estimate of drug-likeness (QED) is 0.746. The zero-order chi connectivity index (χ0) is 9.10. The molecule has 1 unspecified atom stereocenters. The summed E-state index contributed by atoms with van der Waals surface area (Å²) in [5.74, 6) is 0.945. The smallest absolute Gasteiger partial charge is 0.233 e. The lowest BCUT2D eigenvalue weighted by Crippen LogP contribution is -2.13. The van der Waals surface area contributed by atoms with Crippen LogP contribution in [0.3, 0.4) is 0 Å². The van der Waals surface area contributed by atoms with Gasteiger partial charge in [-0.3, -0.25) is 0 Å². The van der Waals surface area contributed by atoms with E-state index in [0.29, 0.717) is 11.9 Å². The van der Waals surface area contributed by atoms with Gasteiger partial charge in [0, 0.05) is 30.6 Å². The lowest BCUT2D eigenvalue weighted by atomic mass is 10.1. The molecule has 6 heteroatoms. The van der Waals surface area contributed by atoms with Crippen molar-refractivity contribution in [2.75, 3.05) is 30.8 Å². The van der Waals surface area contributed by atoms with Gasteiger partial charge in [0.2, 0.25) is 11.1 Å². The van der Waals surface area contributed by atoms with Crippen molar-refractivity contribution in [3.8, 4) is 0 Å². The van der Waals surface area contributed by atoms with Crippen LogP contribution < -0.4 is 11.1 Å². The maximum Gasteiger partial charge on any atom is 0.233 e. The lowest BCUT2D eigenvalue weighted by molar-refractivity contribution is 0.187. The first kappa shape index (κ1) is 8.71. The van der Waals surface area contributed by atoms with Gasteiger partial charge in [0.25, 0.3) is 0 Å². The largest absolute Gasteiger partial charge is 0.381 e. The highest BCUT2D eigenvalue weighted by atomic mass is 32.1. The Hall–Kier alpha value is -0.880. The molecule has 0 amide bonds. The van der Waals surface area contributed by atoms with Gasteiger partial charge in [-0.1, -0.05) is 0 Å². The summed E-state index contributed by atoms with van der Waals surface area (Å²) in [5, 5.41) is 3.99. The fourth-order valence-electron chi connectivity index (χ4n) is 1.28. The number of anilines is 2. The number of hydrogen-bond acceptors (Lipinski definition) is 6. The van der Waals surface area contributed by atoms with Crippen molar-refractivity contribution in [1.29, 1.82) is 0 Å². The van der Waals surface area contributed by atoms with Crippen molar-refractivity contribution in [2.45, 2.75) is 6.42 Å².